The largest absolute Gasteiger partial charge is 0.363 e. The quantitative estimate of drug-likeness (QED) is 0.870. The van der Waals surface area contributed by atoms with E-state index in [0.29, 0.717) is 18.4 Å². The minimum atomic E-state index is -0.0109. The van der Waals surface area contributed by atoms with Crippen LogP contribution in [0.25, 0.3) is 0 Å². The second kappa shape index (κ2) is 5.39. The van der Waals surface area contributed by atoms with Crippen molar-refractivity contribution in [2.24, 2.45) is 0 Å². The molecule has 1 saturated heterocycles. The van der Waals surface area contributed by atoms with Crippen molar-refractivity contribution in [3.8, 4) is 0 Å². The highest BCUT2D eigenvalue weighted by Crippen LogP contribution is 2.18. The van der Waals surface area contributed by atoms with Crippen LogP contribution >= 0.6 is 11.8 Å². The highest BCUT2D eigenvalue weighted by Gasteiger charge is 2.15. The molecule has 5 heteroatoms. The first-order valence-corrected chi connectivity index (χ1v) is 6.86. The van der Waals surface area contributed by atoms with E-state index in [1.807, 2.05) is 18.7 Å². The van der Waals surface area contributed by atoms with Gasteiger partial charge in [-0.15, -0.1) is 0 Å². The summed E-state index contributed by atoms with van der Waals surface area (Å²) in [7, 11) is 0. The van der Waals surface area contributed by atoms with Crippen molar-refractivity contribution in [1.29, 1.82) is 0 Å². The van der Waals surface area contributed by atoms with E-state index in [4.69, 9.17) is 0 Å². The molecule has 0 saturated carbocycles. The van der Waals surface area contributed by atoms with Gasteiger partial charge in [0.25, 0.3) is 5.56 Å². The molecule has 0 aliphatic carbocycles. The van der Waals surface area contributed by atoms with Crippen LogP contribution in [0.2, 0.25) is 0 Å². The van der Waals surface area contributed by atoms with Crippen LogP contribution in [0.3, 0.4) is 0 Å². The molecule has 1 aliphatic rings. The Balaban J connectivity index is 2.11. The Labute approximate surface area is 99.5 Å². The molecular formula is C11H17N3OS. The van der Waals surface area contributed by atoms with Crippen molar-refractivity contribution in [2.45, 2.75) is 32.4 Å². The van der Waals surface area contributed by atoms with Crippen molar-refractivity contribution in [2.75, 3.05) is 16.8 Å². The van der Waals surface area contributed by atoms with Gasteiger partial charge < -0.3 is 9.88 Å². The summed E-state index contributed by atoms with van der Waals surface area (Å²) in [5.74, 6) is 2.85. The van der Waals surface area contributed by atoms with Crippen molar-refractivity contribution < 1.29 is 0 Å². The SMILES string of the molecule is CCn1ccnc(NC2CCSCC2)c1=O. The number of aryl methyl sites for hydroxylation is 1. The molecule has 2 heterocycles. The Bertz CT molecular complexity index is 398. The second-order valence-electron chi connectivity index (χ2n) is 3.90. The van der Waals surface area contributed by atoms with Gasteiger partial charge in [0.15, 0.2) is 5.82 Å². The van der Waals surface area contributed by atoms with E-state index in [2.05, 4.69) is 10.3 Å². The fourth-order valence-electron chi connectivity index (χ4n) is 1.83. The average molecular weight is 239 g/mol. The van der Waals surface area contributed by atoms with Gasteiger partial charge in [-0.25, -0.2) is 4.98 Å². The maximum atomic E-state index is 11.9. The summed E-state index contributed by atoms with van der Waals surface area (Å²) in [5, 5.41) is 3.27. The third-order valence-electron chi connectivity index (χ3n) is 2.82. The predicted octanol–water partition coefficient (Wildman–Crippen LogP) is 1.57. The zero-order chi connectivity index (χ0) is 11.4. The summed E-state index contributed by atoms with van der Waals surface area (Å²) >= 11 is 1.98. The van der Waals surface area contributed by atoms with Crippen molar-refractivity contribution in [1.82, 2.24) is 9.55 Å². The van der Waals surface area contributed by atoms with Gasteiger partial charge in [0, 0.05) is 25.0 Å². The minimum Gasteiger partial charge on any atom is -0.363 e. The molecule has 16 heavy (non-hydrogen) atoms. The third kappa shape index (κ3) is 2.58. The number of hydrogen-bond acceptors (Lipinski definition) is 4. The van der Waals surface area contributed by atoms with Gasteiger partial charge in [0.05, 0.1) is 0 Å². The molecule has 0 spiro atoms. The predicted molar refractivity (Wildman–Crippen MR) is 68.1 cm³/mol. The van der Waals surface area contributed by atoms with Gasteiger partial charge >= 0.3 is 0 Å². The van der Waals surface area contributed by atoms with Gasteiger partial charge in [-0.2, -0.15) is 11.8 Å². The van der Waals surface area contributed by atoms with E-state index in [9.17, 15) is 4.79 Å². The van der Waals surface area contributed by atoms with E-state index in [-0.39, 0.29) is 5.56 Å². The van der Waals surface area contributed by atoms with Crippen LogP contribution in [-0.4, -0.2) is 27.1 Å². The lowest BCUT2D eigenvalue weighted by atomic mass is 10.1. The Morgan fingerprint density at radius 3 is 3.00 bits per heavy atom. The fraction of sp³-hybridized carbons (Fsp3) is 0.636. The zero-order valence-electron chi connectivity index (χ0n) is 9.48. The lowest BCUT2D eigenvalue weighted by Gasteiger charge is -2.22. The third-order valence-corrected chi connectivity index (χ3v) is 3.87. The molecule has 0 radical (unpaired) electrons. The summed E-state index contributed by atoms with van der Waals surface area (Å²) in [6.07, 6.45) is 5.65. The van der Waals surface area contributed by atoms with Crippen molar-refractivity contribution in [3.63, 3.8) is 0 Å². The van der Waals surface area contributed by atoms with Crippen LogP contribution in [0, 0.1) is 0 Å². The standard InChI is InChI=1S/C11H17N3OS/c1-2-14-6-5-12-10(11(14)15)13-9-3-7-16-8-4-9/h5-6,9H,2-4,7-8H2,1H3,(H,12,13). The summed E-state index contributed by atoms with van der Waals surface area (Å²) < 4.78 is 1.67. The van der Waals surface area contributed by atoms with Crippen LogP contribution in [-0.2, 0) is 6.54 Å². The molecule has 1 fully saturated rings. The van der Waals surface area contributed by atoms with Gasteiger partial charge in [-0.05, 0) is 31.3 Å². The van der Waals surface area contributed by atoms with Crippen LogP contribution in [0.5, 0.6) is 0 Å². The monoisotopic (exact) mass is 239 g/mol. The Hall–Kier alpha value is -0.970. The molecule has 1 aromatic rings. The number of nitrogens with zero attached hydrogens (tertiary/aromatic N) is 2. The molecule has 0 amide bonds. The van der Waals surface area contributed by atoms with E-state index in [0.717, 1.165) is 12.8 Å². The summed E-state index contributed by atoms with van der Waals surface area (Å²) in [6, 6.07) is 0.411. The molecule has 2 rings (SSSR count). The molecular weight excluding hydrogens is 222 g/mol. The van der Waals surface area contributed by atoms with Gasteiger partial charge in [-0.3, -0.25) is 4.79 Å². The topological polar surface area (TPSA) is 46.9 Å². The smallest absolute Gasteiger partial charge is 0.293 e. The van der Waals surface area contributed by atoms with Crippen molar-refractivity contribution in [3.05, 3.63) is 22.7 Å². The Kier molecular flexibility index (Phi) is 3.88. The maximum Gasteiger partial charge on any atom is 0.293 e. The molecule has 1 aliphatic heterocycles. The number of thioether (sulfide) groups is 1. The lowest BCUT2D eigenvalue weighted by Crippen LogP contribution is -2.31. The summed E-state index contributed by atoms with van der Waals surface area (Å²) in [5.41, 5.74) is -0.0109. The molecule has 1 N–H and O–H groups in total. The minimum absolute atomic E-state index is 0.0109. The van der Waals surface area contributed by atoms with Crippen LogP contribution in [0.4, 0.5) is 5.82 Å². The van der Waals surface area contributed by atoms with Crippen LogP contribution in [0.15, 0.2) is 17.2 Å². The first kappa shape index (κ1) is 11.5. The summed E-state index contributed by atoms with van der Waals surface area (Å²) in [4.78, 5) is 16.0. The Morgan fingerprint density at radius 2 is 2.31 bits per heavy atom. The molecule has 0 unspecified atom stereocenters. The number of hydrogen-bond donors (Lipinski definition) is 1. The maximum absolute atomic E-state index is 11.9. The number of aromatic nitrogens is 2. The van der Waals surface area contributed by atoms with E-state index in [1.165, 1.54) is 11.5 Å². The van der Waals surface area contributed by atoms with E-state index >= 15 is 0 Å². The molecule has 0 bridgehead atoms. The highest BCUT2D eigenvalue weighted by atomic mass is 32.2. The van der Waals surface area contributed by atoms with Crippen molar-refractivity contribution >= 4 is 17.6 Å². The normalized spacial score (nSPS) is 17.3. The van der Waals surface area contributed by atoms with Crippen LogP contribution in [0.1, 0.15) is 19.8 Å². The Morgan fingerprint density at radius 1 is 1.56 bits per heavy atom. The summed E-state index contributed by atoms with van der Waals surface area (Å²) in [6.45, 7) is 2.65. The number of rotatable bonds is 3. The first-order valence-electron chi connectivity index (χ1n) is 5.71. The molecule has 0 atom stereocenters. The first-order chi connectivity index (χ1) is 7.81. The van der Waals surface area contributed by atoms with Gasteiger partial charge in [-0.1, -0.05) is 0 Å². The zero-order valence-corrected chi connectivity index (χ0v) is 10.3. The average Bonchev–Trinajstić information content (AvgIpc) is 2.33. The number of nitrogens with one attached hydrogen (secondary N) is 1. The number of anilines is 1. The highest BCUT2D eigenvalue weighted by molar-refractivity contribution is 7.99. The molecule has 88 valence electrons. The fourth-order valence-corrected chi connectivity index (χ4v) is 2.94. The lowest BCUT2D eigenvalue weighted by molar-refractivity contribution is 0.653. The molecule has 0 aromatic carbocycles. The molecule has 1 aromatic heterocycles. The second-order valence-corrected chi connectivity index (χ2v) is 5.12. The van der Waals surface area contributed by atoms with E-state index in [1.54, 1.807) is 17.0 Å². The van der Waals surface area contributed by atoms with Gasteiger partial charge in [0.2, 0.25) is 0 Å². The van der Waals surface area contributed by atoms with Gasteiger partial charge in [0.1, 0.15) is 0 Å². The molecule has 4 nitrogen and oxygen atoms in total. The van der Waals surface area contributed by atoms with E-state index < -0.39 is 0 Å². The van der Waals surface area contributed by atoms with Crippen LogP contribution < -0.4 is 10.9 Å².